The molecule has 0 bridgehead atoms. The van der Waals surface area contributed by atoms with Crippen molar-refractivity contribution < 1.29 is 4.39 Å². The summed E-state index contributed by atoms with van der Waals surface area (Å²) in [7, 11) is 0. The fourth-order valence-electron chi connectivity index (χ4n) is 1.64. The van der Waals surface area contributed by atoms with Gasteiger partial charge in [-0.3, -0.25) is 0 Å². The van der Waals surface area contributed by atoms with Crippen molar-refractivity contribution in [2.24, 2.45) is 0 Å². The summed E-state index contributed by atoms with van der Waals surface area (Å²) in [5.74, 6) is 0.232. The monoisotopic (exact) mass is 231 g/mol. The average molecular weight is 231 g/mol. The molecule has 0 atom stereocenters. The van der Waals surface area contributed by atoms with Gasteiger partial charge in [0.2, 0.25) is 0 Å². The Morgan fingerprint density at radius 1 is 1.06 bits per heavy atom. The van der Waals surface area contributed by atoms with Gasteiger partial charge in [0.1, 0.15) is 11.6 Å². The van der Waals surface area contributed by atoms with E-state index in [1.54, 1.807) is 12.1 Å². The number of nitrogen functional groups attached to an aromatic ring is 1. The largest absolute Gasteiger partial charge is 0.382 e. The van der Waals surface area contributed by atoms with Crippen molar-refractivity contribution in [3.63, 3.8) is 0 Å². The van der Waals surface area contributed by atoms with Crippen LogP contribution < -0.4 is 5.73 Å². The lowest BCUT2D eigenvalue weighted by Crippen LogP contribution is -2.05. The van der Waals surface area contributed by atoms with Gasteiger partial charge < -0.3 is 5.73 Å². The molecule has 0 aliphatic carbocycles. The molecule has 0 spiro atoms. The molecule has 17 heavy (non-hydrogen) atoms. The molecule has 0 fully saturated rings. The average Bonchev–Trinajstić information content (AvgIpc) is 2.33. The second-order valence-electron chi connectivity index (χ2n) is 4.09. The van der Waals surface area contributed by atoms with Crippen LogP contribution in [0.15, 0.2) is 24.3 Å². The summed E-state index contributed by atoms with van der Waals surface area (Å²) in [6.07, 6.45) is 0.639. The van der Waals surface area contributed by atoms with Gasteiger partial charge >= 0.3 is 0 Å². The number of anilines is 1. The zero-order valence-corrected chi connectivity index (χ0v) is 9.87. The maximum absolute atomic E-state index is 12.8. The van der Waals surface area contributed by atoms with Crippen molar-refractivity contribution >= 4 is 5.82 Å². The Labute approximate surface area is 99.5 Å². The quantitative estimate of drug-likeness (QED) is 0.863. The molecule has 2 rings (SSSR count). The lowest BCUT2D eigenvalue weighted by Gasteiger charge is -2.08. The first kappa shape index (κ1) is 11.5. The van der Waals surface area contributed by atoms with Crippen LogP contribution in [0.4, 0.5) is 10.2 Å². The number of halogens is 1. The predicted octanol–water partition coefficient (Wildman–Crippen LogP) is 2.41. The topological polar surface area (TPSA) is 51.8 Å². The molecule has 0 amide bonds. The van der Waals surface area contributed by atoms with Crippen LogP contribution in [0, 0.1) is 19.7 Å². The van der Waals surface area contributed by atoms with Gasteiger partial charge in [0.15, 0.2) is 0 Å². The number of nitrogens with two attached hydrogens (primary N) is 1. The molecule has 2 aromatic rings. The van der Waals surface area contributed by atoms with Crippen LogP contribution >= 0.6 is 0 Å². The molecule has 3 nitrogen and oxygen atoms in total. The van der Waals surface area contributed by atoms with E-state index >= 15 is 0 Å². The Kier molecular flexibility index (Phi) is 3.04. The third kappa shape index (κ3) is 2.41. The van der Waals surface area contributed by atoms with Gasteiger partial charge in [-0.15, -0.1) is 5.10 Å². The molecule has 0 aliphatic rings. The molecule has 0 unspecified atom stereocenters. The van der Waals surface area contributed by atoms with Gasteiger partial charge in [0, 0.05) is 6.42 Å². The normalized spacial score (nSPS) is 10.5. The third-order valence-electron chi connectivity index (χ3n) is 2.94. The molecule has 1 heterocycles. The number of benzene rings is 1. The highest BCUT2D eigenvalue weighted by Gasteiger charge is 2.08. The van der Waals surface area contributed by atoms with Crippen LogP contribution in [0.25, 0.3) is 0 Å². The Bertz CT molecular complexity index is 535. The summed E-state index contributed by atoms with van der Waals surface area (Å²) in [5.41, 5.74) is 9.56. The molecule has 4 heteroatoms. The van der Waals surface area contributed by atoms with Gasteiger partial charge in [-0.2, -0.15) is 5.10 Å². The molecule has 0 aliphatic heterocycles. The van der Waals surface area contributed by atoms with Crippen LogP contribution in [0.1, 0.15) is 22.4 Å². The SMILES string of the molecule is Cc1c(N)nnc(Cc2ccc(F)cc2)c1C. The van der Waals surface area contributed by atoms with Crippen LogP contribution in [0.5, 0.6) is 0 Å². The van der Waals surface area contributed by atoms with E-state index in [4.69, 9.17) is 5.73 Å². The van der Waals surface area contributed by atoms with Crippen LogP contribution in [-0.2, 0) is 6.42 Å². The summed E-state index contributed by atoms with van der Waals surface area (Å²) in [6.45, 7) is 3.90. The van der Waals surface area contributed by atoms with E-state index in [2.05, 4.69) is 10.2 Å². The first-order valence-corrected chi connectivity index (χ1v) is 5.40. The fraction of sp³-hybridized carbons (Fsp3) is 0.231. The Morgan fingerprint density at radius 3 is 2.35 bits per heavy atom. The molecule has 1 aromatic heterocycles. The van der Waals surface area contributed by atoms with E-state index in [0.29, 0.717) is 12.2 Å². The van der Waals surface area contributed by atoms with Crippen molar-refractivity contribution in [3.8, 4) is 0 Å². The fourth-order valence-corrected chi connectivity index (χ4v) is 1.64. The van der Waals surface area contributed by atoms with Crippen molar-refractivity contribution in [2.75, 3.05) is 5.73 Å². The predicted molar refractivity (Wildman–Crippen MR) is 65.1 cm³/mol. The van der Waals surface area contributed by atoms with Gasteiger partial charge in [0.25, 0.3) is 0 Å². The van der Waals surface area contributed by atoms with E-state index in [0.717, 1.165) is 22.4 Å². The first-order valence-electron chi connectivity index (χ1n) is 5.40. The van der Waals surface area contributed by atoms with Gasteiger partial charge in [-0.05, 0) is 42.7 Å². The Balaban J connectivity index is 2.30. The zero-order chi connectivity index (χ0) is 12.4. The lowest BCUT2D eigenvalue weighted by molar-refractivity contribution is 0.627. The standard InChI is InChI=1S/C13H14FN3/c1-8-9(2)13(15)17-16-12(8)7-10-3-5-11(14)6-4-10/h3-6H,7H2,1-2H3,(H2,15,17). The highest BCUT2D eigenvalue weighted by Crippen LogP contribution is 2.17. The zero-order valence-electron chi connectivity index (χ0n) is 9.87. The van der Waals surface area contributed by atoms with Gasteiger partial charge in [-0.1, -0.05) is 12.1 Å². The van der Waals surface area contributed by atoms with Gasteiger partial charge in [-0.25, -0.2) is 4.39 Å². The Hall–Kier alpha value is -1.97. The highest BCUT2D eigenvalue weighted by molar-refractivity contribution is 5.44. The smallest absolute Gasteiger partial charge is 0.149 e. The maximum atomic E-state index is 12.8. The van der Waals surface area contributed by atoms with E-state index < -0.39 is 0 Å². The number of hydrogen-bond acceptors (Lipinski definition) is 3. The van der Waals surface area contributed by atoms with E-state index in [9.17, 15) is 4.39 Å². The minimum Gasteiger partial charge on any atom is -0.382 e. The maximum Gasteiger partial charge on any atom is 0.149 e. The van der Waals surface area contributed by atoms with E-state index in [1.807, 2.05) is 13.8 Å². The van der Waals surface area contributed by atoms with E-state index in [-0.39, 0.29) is 5.82 Å². The molecule has 0 radical (unpaired) electrons. The van der Waals surface area contributed by atoms with Crippen molar-refractivity contribution in [3.05, 3.63) is 52.5 Å². The summed E-state index contributed by atoms with van der Waals surface area (Å²) in [5, 5.41) is 7.99. The number of rotatable bonds is 2. The molecule has 88 valence electrons. The summed E-state index contributed by atoms with van der Waals surface area (Å²) in [6, 6.07) is 6.40. The number of hydrogen-bond donors (Lipinski definition) is 1. The Morgan fingerprint density at radius 2 is 1.71 bits per heavy atom. The van der Waals surface area contributed by atoms with Crippen LogP contribution in [0.2, 0.25) is 0 Å². The lowest BCUT2D eigenvalue weighted by atomic mass is 10.0. The van der Waals surface area contributed by atoms with Crippen molar-refractivity contribution in [1.82, 2.24) is 10.2 Å². The molecule has 2 N–H and O–H groups in total. The minimum absolute atomic E-state index is 0.231. The molecule has 0 saturated carbocycles. The number of aromatic nitrogens is 2. The highest BCUT2D eigenvalue weighted by atomic mass is 19.1. The summed E-state index contributed by atoms with van der Waals surface area (Å²) >= 11 is 0. The molecule has 1 aromatic carbocycles. The van der Waals surface area contributed by atoms with Crippen LogP contribution in [0.3, 0.4) is 0 Å². The molecular formula is C13H14FN3. The third-order valence-corrected chi connectivity index (χ3v) is 2.94. The van der Waals surface area contributed by atoms with Crippen molar-refractivity contribution in [1.29, 1.82) is 0 Å². The van der Waals surface area contributed by atoms with Gasteiger partial charge in [0.05, 0.1) is 5.69 Å². The second-order valence-corrected chi connectivity index (χ2v) is 4.09. The van der Waals surface area contributed by atoms with Crippen molar-refractivity contribution in [2.45, 2.75) is 20.3 Å². The summed E-state index contributed by atoms with van der Waals surface area (Å²) < 4.78 is 12.8. The minimum atomic E-state index is -0.231. The number of nitrogens with zero attached hydrogens (tertiary/aromatic N) is 2. The van der Waals surface area contributed by atoms with Crippen LogP contribution in [-0.4, -0.2) is 10.2 Å². The second kappa shape index (κ2) is 4.49. The summed E-state index contributed by atoms with van der Waals surface area (Å²) in [4.78, 5) is 0. The molecule has 0 saturated heterocycles. The first-order chi connectivity index (χ1) is 8.08. The molecular weight excluding hydrogens is 217 g/mol. The van der Waals surface area contributed by atoms with E-state index in [1.165, 1.54) is 12.1 Å².